The minimum atomic E-state index is -0.358. The van der Waals surface area contributed by atoms with Gasteiger partial charge < -0.3 is 5.32 Å². The molecule has 5 nitrogen and oxygen atoms in total. The van der Waals surface area contributed by atoms with Crippen LogP contribution in [0.2, 0.25) is 0 Å². The summed E-state index contributed by atoms with van der Waals surface area (Å²) in [5.74, 6) is -0.111. The van der Waals surface area contributed by atoms with Crippen LogP contribution in [0.5, 0.6) is 0 Å². The van der Waals surface area contributed by atoms with Crippen LogP contribution in [-0.4, -0.2) is 27.2 Å². The van der Waals surface area contributed by atoms with Crippen molar-refractivity contribution in [1.29, 1.82) is 0 Å². The van der Waals surface area contributed by atoms with Gasteiger partial charge >= 0.3 is 0 Å². The number of hydrogen-bond acceptors (Lipinski definition) is 3. The lowest BCUT2D eigenvalue weighted by molar-refractivity contribution is 0.0948. The van der Waals surface area contributed by atoms with Crippen LogP contribution in [0.15, 0.2) is 66.7 Å². The number of fused-ring (bicyclic) bond motifs is 1. The van der Waals surface area contributed by atoms with Gasteiger partial charge in [0.25, 0.3) is 5.91 Å². The lowest BCUT2D eigenvalue weighted by atomic mass is 9.76. The minimum Gasteiger partial charge on any atom is -0.351 e. The van der Waals surface area contributed by atoms with Crippen LogP contribution >= 0.6 is 0 Å². The Morgan fingerprint density at radius 3 is 2.13 bits per heavy atom. The summed E-state index contributed by atoms with van der Waals surface area (Å²) in [4.78, 5) is 17.9. The van der Waals surface area contributed by atoms with Gasteiger partial charge in [-0.2, -0.15) is 5.10 Å². The van der Waals surface area contributed by atoms with Crippen molar-refractivity contribution in [3.8, 4) is 0 Å². The van der Waals surface area contributed by atoms with E-state index in [0.717, 1.165) is 33.5 Å². The SMILES string of the molecule is Cc1cc(C(=O)NCC(C)(c2ccccc2)c2ccccc2)c2c(C)nn(C)c2n1. The van der Waals surface area contributed by atoms with Gasteiger partial charge in [0, 0.05) is 24.7 Å². The lowest BCUT2D eigenvalue weighted by Gasteiger charge is -2.31. The number of carbonyl (C=O) groups excluding carboxylic acids is 1. The standard InChI is InChI=1S/C25H26N4O/c1-17-15-21(22-18(2)28-29(4)23(22)27-17)24(30)26-16-25(3,19-11-7-5-8-12-19)20-13-9-6-10-14-20/h5-15H,16H2,1-4H3,(H,26,30). The first-order valence-electron chi connectivity index (χ1n) is 10.1. The molecule has 0 spiro atoms. The first-order valence-corrected chi connectivity index (χ1v) is 10.1. The maximum atomic E-state index is 13.3. The van der Waals surface area contributed by atoms with E-state index in [1.54, 1.807) is 4.68 Å². The zero-order valence-electron chi connectivity index (χ0n) is 17.8. The summed E-state index contributed by atoms with van der Waals surface area (Å²) < 4.78 is 1.73. The maximum absolute atomic E-state index is 13.3. The first kappa shape index (κ1) is 19.8. The molecular weight excluding hydrogens is 372 g/mol. The predicted octanol–water partition coefficient (Wildman–Crippen LogP) is 4.32. The van der Waals surface area contributed by atoms with Gasteiger partial charge in [-0.25, -0.2) is 4.98 Å². The Balaban J connectivity index is 1.70. The number of nitrogens with one attached hydrogen (secondary N) is 1. The fourth-order valence-corrected chi connectivity index (χ4v) is 4.08. The van der Waals surface area contributed by atoms with Crippen LogP contribution in [0.25, 0.3) is 11.0 Å². The van der Waals surface area contributed by atoms with Gasteiger partial charge in [0.05, 0.1) is 16.6 Å². The van der Waals surface area contributed by atoms with Crippen LogP contribution in [0.1, 0.15) is 39.8 Å². The zero-order valence-corrected chi connectivity index (χ0v) is 17.8. The Hall–Kier alpha value is -3.47. The number of nitrogens with zero attached hydrogens (tertiary/aromatic N) is 3. The molecule has 2 aromatic carbocycles. The molecule has 30 heavy (non-hydrogen) atoms. The van der Waals surface area contributed by atoms with Crippen molar-refractivity contribution in [1.82, 2.24) is 20.1 Å². The number of rotatable bonds is 5. The number of benzene rings is 2. The highest BCUT2D eigenvalue weighted by molar-refractivity contribution is 6.06. The number of aromatic nitrogens is 3. The third-order valence-corrected chi connectivity index (χ3v) is 5.77. The molecule has 1 amide bonds. The first-order chi connectivity index (χ1) is 14.4. The van der Waals surface area contributed by atoms with Crippen LogP contribution in [0, 0.1) is 13.8 Å². The molecule has 0 aliphatic rings. The van der Waals surface area contributed by atoms with E-state index in [9.17, 15) is 4.79 Å². The lowest BCUT2D eigenvalue weighted by Crippen LogP contribution is -2.39. The number of amides is 1. The average molecular weight is 399 g/mol. The summed E-state index contributed by atoms with van der Waals surface area (Å²) in [7, 11) is 1.85. The zero-order chi connectivity index (χ0) is 21.3. The Labute approximate surface area is 176 Å². The molecule has 0 saturated heterocycles. The highest BCUT2D eigenvalue weighted by Gasteiger charge is 2.30. The molecule has 1 N–H and O–H groups in total. The molecule has 2 aromatic heterocycles. The molecule has 0 unspecified atom stereocenters. The Morgan fingerprint density at radius 2 is 1.57 bits per heavy atom. The Kier molecular flexibility index (Phi) is 5.12. The third kappa shape index (κ3) is 3.47. The quantitative estimate of drug-likeness (QED) is 0.545. The normalized spacial score (nSPS) is 11.6. The van der Waals surface area contributed by atoms with Gasteiger partial charge in [-0.3, -0.25) is 9.48 Å². The van der Waals surface area contributed by atoms with E-state index in [0.29, 0.717) is 12.1 Å². The third-order valence-electron chi connectivity index (χ3n) is 5.77. The van der Waals surface area contributed by atoms with Crippen molar-refractivity contribution in [2.24, 2.45) is 7.05 Å². The summed E-state index contributed by atoms with van der Waals surface area (Å²) in [6.07, 6.45) is 0. The minimum absolute atomic E-state index is 0.111. The van der Waals surface area contributed by atoms with Crippen LogP contribution in [0.4, 0.5) is 0 Å². The smallest absolute Gasteiger partial charge is 0.252 e. The van der Waals surface area contributed by atoms with E-state index in [1.165, 1.54) is 0 Å². The summed E-state index contributed by atoms with van der Waals surface area (Å²) in [5, 5.41) is 8.45. The Morgan fingerprint density at radius 1 is 1.00 bits per heavy atom. The average Bonchev–Trinajstić information content (AvgIpc) is 3.05. The number of pyridine rings is 1. The molecule has 0 saturated carbocycles. The number of aryl methyl sites for hydroxylation is 3. The van der Waals surface area contributed by atoms with E-state index < -0.39 is 0 Å². The fraction of sp³-hybridized carbons (Fsp3) is 0.240. The highest BCUT2D eigenvalue weighted by atomic mass is 16.1. The molecule has 4 aromatic rings. The molecule has 4 rings (SSSR count). The molecule has 0 aliphatic carbocycles. The summed E-state index contributed by atoms with van der Waals surface area (Å²) >= 11 is 0. The number of carbonyl (C=O) groups is 1. The highest BCUT2D eigenvalue weighted by Crippen LogP contribution is 2.31. The second kappa shape index (κ2) is 7.75. The summed E-state index contributed by atoms with van der Waals surface area (Å²) in [6.45, 7) is 6.45. The summed E-state index contributed by atoms with van der Waals surface area (Å²) in [6, 6.07) is 22.4. The van der Waals surface area contributed by atoms with Crippen molar-refractivity contribution in [2.45, 2.75) is 26.2 Å². The van der Waals surface area contributed by atoms with E-state index in [2.05, 4.69) is 46.6 Å². The van der Waals surface area contributed by atoms with Gasteiger partial charge in [0.15, 0.2) is 5.65 Å². The van der Waals surface area contributed by atoms with Gasteiger partial charge in [-0.15, -0.1) is 0 Å². The molecule has 2 heterocycles. The van der Waals surface area contributed by atoms with Crippen LogP contribution in [0.3, 0.4) is 0 Å². The Bertz CT molecular complexity index is 1160. The molecule has 0 radical (unpaired) electrons. The van der Waals surface area contributed by atoms with Crippen molar-refractivity contribution in [2.75, 3.05) is 6.54 Å². The second-order valence-corrected chi connectivity index (χ2v) is 7.97. The van der Waals surface area contributed by atoms with Crippen molar-refractivity contribution in [3.63, 3.8) is 0 Å². The molecule has 0 fully saturated rings. The van der Waals surface area contributed by atoms with Crippen molar-refractivity contribution in [3.05, 3.63) is 94.8 Å². The molecule has 0 bridgehead atoms. The largest absolute Gasteiger partial charge is 0.351 e. The monoisotopic (exact) mass is 398 g/mol. The van der Waals surface area contributed by atoms with Gasteiger partial charge in [-0.1, -0.05) is 60.7 Å². The number of hydrogen-bond donors (Lipinski definition) is 1. The molecule has 0 atom stereocenters. The molecule has 0 aliphatic heterocycles. The van der Waals surface area contributed by atoms with Crippen LogP contribution in [-0.2, 0) is 12.5 Å². The van der Waals surface area contributed by atoms with Gasteiger partial charge in [0.1, 0.15) is 0 Å². The molecule has 5 heteroatoms. The maximum Gasteiger partial charge on any atom is 0.252 e. The van der Waals surface area contributed by atoms with E-state index >= 15 is 0 Å². The van der Waals surface area contributed by atoms with E-state index in [-0.39, 0.29) is 11.3 Å². The summed E-state index contributed by atoms with van der Waals surface area (Å²) in [5.41, 5.74) is 4.90. The van der Waals surface area contributed by atoms with Crippen molar-refractivity contribution < 1.29 is 4.79 Å². The molecule has 152 valence electrons. The van der Waals surface area contributed by atoms with Gasteiger partial charge in [0.2, 0.25) is 0 Å². The predicted molar refractivity (Wildman–Crippen MR) is 120 cm³/mol. The van der Waals surface area contributed by atoms with Crippen LogP contribution < -0.4 is 5.32 Å². The van der Waals surface area contributed by atoms with Crippen molar-refractivity contribution >= 4 is 16.9 Å². The topological polar surface area (TPSA) is 59.8 Å². The van der Waals surface area contributed by atoms with E-state index in [1.807, 2.05) is 63.4 Å². The van der Waals surface area contributed by atoms with Gasteiger partial charge in [-0.05, 0) is 38.0 Å². The second-order valence-electron chi connectivity index (χ2n) is 7.97. The fourth-order valence-electron chi connectivity index (χ4n) is 4.08. The van der Waals surface area contributed by atoms with E-state index in [4.69, 9.17) is 0 Å². The molecular formula is C25H26N4O.